The molecule has 0 spiro atoms. The van der Waals surface area contributed by atoms with Crippen molar-refractivity contribution in [3.8, 4) is 0 Å². The lowest BCUT2D eigenvalue weighted by atomic mass is 9.47. The van der Waals surface area contributed by atoms with E-state index in [9.17, 15) is 5.11 Å². The van der Waals surface area contributed by atoms with Crippen molar-refractivity contribution in [3.63, 3.8) is 0 Å². The van der Waals surface area contributed by atoms with Crippen LogP contribution < -0.4 is 0 Å². The SMILES string of the molecule is C=C1C[C@H]2CC3=C([C@@H]1[C@H]2O)[C@]1(C)CCCC(C)(C)[C@H]1CC3. The molecule has 1 nitrogen and oxygen atoms in total. The molecular formula is C20H30O. The van der Waals surface area contributed by atoms with Gasteiger partial charge in [0.25, 0.3) is 0 Å². The molecule has 0 amide bonds. The van der Waals surface area contributed by atoms with Crippen molar-refractivity contribution in [2.45, 2.75) is 71.8 Å². The second-order valence-corrected chi connectivity index (χ2v) is 9.16. The molecule has 0 aliphatic heterocycles. The Labute approximate surface area is 129 Å². The number of fused-ring (bicyclic) bond motifs is 5. The van der Waals surface area contributed by atoms with Gasteiger partial charge in [-0.1, -0.05) is 50.5 Å². The molecule has 0 aromatic rings. The first-order chi connectivity index (χ1) is 9.84. The van der Waals surface area contributed by atoms with Gasteiger partial charge in [0.2, 0.25) is 0 Å². The quantitative estimate of drug-likeness (QED) is 0.630. The van der Waals surface area contributed by atoms with E-state index in [1.807, 2.05) is 0 Å². The number of hydrogen-bond donors (Lipinski definition) is 1. The van der Waals surface area contributed by atoms with Gasteiger partial charge in [-0.3, -0.25) is 0 Å². The smallest absolute Gasteiger partial charge is 0.0677 e. The van der Waals surface area contributed by atoms with Gasteiger partial charge in [-0.2, -0.15) is 0 Å². The standard InChI is InChI=1S/C20H30O/c1-12-10-14-11-13-6-7-15-19(2,3)8-5-9-20(15,4)17(13)16(12)18(14)21/h14-16,18,21H,1,5-11H2,2-4H3/t14-,15+,16+,18-,20+/m0/s1. The maximum Gasteiger partial charge on any atom is 0.0677 e. The van der Waals surface area contributed by atoms with Crippen molar-refractivity contribution < 1.29 is 5.11 Å². The summed E-state index contributed by atoms with van der Waals surface area (Å²) < 4.78 is 0. The third-order valence-electron chi connectivity index (χ3n) is 7.57. The van der Waals surface area contributed by atoms with Gasteiger partial charge >= 0.3 is 0 Å². The monoisotopic (exact) mass is 286 g/mol. The van der Waals surface area contributed by atoms with E-state index in [0.29, 0.717) is 22.7 Å². The number of aliphatic hydroxyl groups excluding tert-OH is 1. The Morgan fingerprint density at radius 3 is 2.67 bits per heavy atom. The predicted molar refractivity (Wildman–Crippen MR) is 86.8 cm³/mol. The minimum Gasteiger partial charge on any atom is -0.392 e. The summed E-state index contributed by atoms with van der Waals surface area (Å²) in [4.78, 5) is 0. The topological polar surface area (TPSA) is 20.2 Å². The van der Waals surface area contributed by atoms with E-state index in [4.69, 9.17) is 0 Å². The van der Waals surface area contributed by atoms with Gasteiger partial charge in [0, 0.05) is 5.92 Å². The molecule has 4 aliphatic rings. The maximum atomic E-state index is 10.8. The lowest BCUT2D eigenvalue weighted by molar-refractivity contribution is -0.00968. The van der Waals surface area contributed by atoms with Gasteiger partial charge in [-0.25, -0.2) is 0 Å². The summed E-state index contributed by atoms with van der Waals surface area (Å²) in [6.07, 6.45) is 8.74. The van der Waals surface area contributed by atoms with E-state index in [-0.39, 0.29) is 6.10 Å². The summed E-state index contributed by atoms with van der Waals surface area (Å²) >= 11 is 0. The number of hydrogen-bond acceptors (Lipinski definition) is 1. The van der Waals surface area contributed by atoms with Crippen LogP contribution in [0.3, 0.4) is 0 Å². The van der Waals surface area contributed by atoms with E-state index in [1.165, 1.54) is 37.7 Å². The van der Waals surface area contributed by atoms with Crippen LogP contribution in [0.25, 0.3) is 0 Å². The highest BCUT2D eigenvalue weighted by Gasteiger charge is 2.57. The lowest BCUT2D eigenvalue weighted by Crippen LogP contribution is -2.49. The Balaban J connectivity index is 1.84. The zero-order valence-corrected chi connectivity index (χ0v) is 13.9. The Kier molecular flexibility index (Phi) is 2.85. The molecule has 4 rings (SSSR count). The molecule has 2 fully saturated rings. The minimum atomic E-state index is -0.142. The fraction of sp³-hybridized carbons (Fsp3) is 0.800. The molecule has 4 aliphatic carbocycles. The van der Waals surface area contributed by atoms with Crippen LogP contribution in [-0.4, -0.2) is 11.2 Å². The molecule has 0 aromatic heterocycles. The summed E-state index contributed by atoms with van der Waals surface area (Å²) in [6, 6.07) is 0. The molecule has 0 heterocycles. The number of rotatable bonds is 0. The van der Waals surface area contributed by atoms with Crippen LogP contribution in [0.5, 0.6) is 0 Å². The Morgan fingerprint density at radius 2 is 1.90 bits per heavy atom. The zero-order valence-electron chi connectivity index (χ0n) is 13.9. The van der Waals surface area contributed by atoms with Gasteiger partial charge in [-0.05, 0) is 61.2 Å². The van der Waals surface area contributed by atoms with Gasteiger partial charge < -0.3 is 5.11 Å². The normalized spacial score (nSPS) is 48.1. The first-order valence-corrected chi connectivity index (χ1v) is 8.93. The molecule has 0 saturated heterocycles. The highest BCUT2D eigenvalue weighted by molar-refractivity contribution is 5.41. The van der Waals surface area contributed by atoms with E-state index in [2.05, 4.69) is 27.4 Å². The van der Waals surface area contributed by atoms with Crippen molar-refractivity contribution in [3.05, 3.63) is 23.3 Å². The molecular weight excluding hydrogens is 256 g/mol. The van der Waals surface area contributed by atoms with Crippen LogP contribution in [-0.2, 0) is 0 Å². The predicted octanol–water partition coefficient (Wildman–Crippen LogP) is 4.87. The summed E-state index contributed by atoms with van der Waals surface area (Å²) in [7, 11) is 0. The van der Waals surface area contributed by atoms with Crippen molar-refractivity contribution in [1.29, 1.82) is 0 Å². The maximum absolute atomic E-state index is 10.8. The van der Waals surface area contributed by atoms with Crippen molar-refractivity contribution in [2.24, 2.45) is 28.6 Å². The summed E-state index contributed by atoms with van der Waals surface area (Å²) in [5.41, 5.74) is 5.46. The highest BCUT2D eigenvalue weighted by atomic mass is 16.3. The third-order valence-corrected chi connectivity index (χ3v) is 7.57. The fourth-order valence-corrected chi connectivity index (χ4v) is 6.78. The largest absolute Gasteiger partial charge is 0.392 e. The second kappa shape index (κ2) is 4.25. The third kappa shape index (κ3) is 1.73. The van der Waals surface area contributed by atoms with E-state index in [1.54, 1.807) is 11.1 Å². The van der Waals surface area contributed by atoms with Crippen LogP contribution >= 0.6 is 0 Å². The van der Waals surface area contributed by atoms with Gasteiger partial charge in [0.15, 0.2) is 0 Å². The highest BCUT2D eigenvalue weighted by Crippen LogP contribution is 2.65. The minimum absolute atomic E-state index is 0.142. The first kappa shape index (κ1) is 14.1. The fourth-order valence-electron chi connectivity index (χ4n) is 6.78. The molecule has 1 N–H and O–H groups in total. The van der Waals surface area contributed by atoms with Gasteiger partial charge in [0.05, 0.1) is 6.10 Å². The van der Waals surface area contributed by atoms with Crippen molar-refractivity contribution in [2.75, 3.05) is 0 Å². The molecule has 21 heavy (non-hydrogen) atoms. The van der Waals surface area contributed by atoms with E-state index >= 15 is 0 Å². The van der Waals surface area contributed by atoms with Crippen LogP contribution in [0.1, 0.15) is 65.7 Å². The van der Waals surface area contributed by atoms with Crippen LogP contribution in [0.4, 0.5) is 0 Å². The average Bonchev–Trinajstić information content (AvgIpc) is 2.56. The summed E-state index contributed by atoms with van der Waals surface area (Å²) in [6.45, 7) is 11.8. The molecule has 0 radical (unpaired) electrons. The molecule has 5 atom stereocenters. The molecule has 1 heteroatoms. The van der Waals surface area contributed by atoms with Crippen molar-refractivity contribution >= 4 is 0 Å². The van der Waals surface area contributed by atoms with E-state index < -0.39 is 0 Å². The molecule has 2 bridgehead atoms. The average molecular weight is 286 g/mol. The number of aliphatic hydroxyl groups is 1. The van der Waals surface area contributed by atoms with Crippen LogP contribution in [0.2, 0.25) is 0 Å². The zero-order chi connectivity index (χ0) is 15.0. The van der Waals surface area contributed by atoms with Crippen LogP contribution in [0, 0.1) is 28.6 Å². The Bertz CT molecular complexity index is 526. The second-order valence-electron chi connectivity index (χ2n) is 9.16. The lowest BCUT2D eigenvalue weighted by Gasteiger charge is -2.57. The molecule has 0 aromatic carbocycles. The van der Waals surface area contributed by atoms with Gasteiger partial charge in [-0.15, -0.1) is 0 Å². The van der Waals surface area contributed by atoms with E-state index in [0.717, 1.165) is 18.8 Å². The molecule has 0 unspecified atom stereocenters. The van der Waals surface area contributed by atoms with Crippen molar-refractivity contribution in [1.82, 2.24) is 0 Å². The summed E-state index contributed by atoms with van der Waals surface area (Å²) in [5.74, 6) is 1.55. The Hall–Kier alpha value is -0.560. The summed E-state index contributed by atoms with van der Waals surface area (Å²) in [5, 5.41) is 10.8. The Morgan fingerprint density at radius 1 is 1.14 bits per heavy atom. The van der Waals surface area contributed by atoms with Crippen LogP contribution in [0.15, 0.2) is 23.3 Å². The first-order valence-electron chi connectivity index (χ1n) is 8.93. The number of allylic oxidation sites excluding steroid dienone is 1. The molecule has 2 saturated carbocycles. The molecule has 116 valence electrons. The van der Waals surface area contributed by atoms with Gasteiger partial charge in [0.1, 0.15) is 0 Å².